The molecule has 0 aromatic heterocycles. The number of carbonyl (C=O) groups is 1. The summed E-state index contributed by atoms with van der Waals surface area (Å²) in [6.07, 6.45) is 0. The molecule has 0 heterocycles. The molecule has 0 aliphatic carbocycles. The van der Waals surface area contributed by atoms with E-state index >= 15 is 0 Å². The third-order valence-electron chi connectivity index (χ3n) is 2.24. The fraction of sp³-hybridized carbons (Fsp3) is 0.417. The second-order valence-corrected chi connectivity index (χ2v) is 5.82. The maximum absolute atomic E-state index is 11.6. The van der Waals surface area contributed by atoms with Gasteiger partial charge in [-0.1, -0.05) is 27.5 Å². The number of hydrogen-bond acceptors (Lipinski definition) is 3. The Hall–Kier alpha value is -0.780. The van der Waals surface area contributed by atoms with Crippen molar-refractivity contribution in [1.29, 1.82) is 0 Å². The Bertz CT molecular complexity index is 438. The molecule has 4 nitrogen and oxygen atoms in total. The minimum Gasteiger partial charge on any atom is -0.482 e. The monoisotopic (exact) mass is 334 g/mol. The van der Waals surface area contributed by atoms with Crippen LogP contribution in [0.2, 0.25) is 5.02 Å². The number of amides is 1. The lowest BCUT2D eigenvalue weighted by Gasteiger charge is -2.24. The Morgan fingerprint density at radius 2 is 2.22 bits per heavy atom. The first-order valence-corrected chi connectivity index (χ1v) is 6.60. The van der Waals surface area contributed by atoms with E-state index in [1.165, 1.54) is 0 Å². The maximum atomic E-state index is 11.6. The third kappa shape index (κ3) is 4.84. The molecule has 0 atom stereocenters. The quantitative estimate of drug-likeness (QED) is 0.868. The first kappa shape index (κ1) is 15.3. The van der Waals surface area contributed by atoms with Crippen molar-refractivity contribution in [3.8, 4) is 5.75 Å². The van der Waals surface area contributed by atoms with Gasteiger partial charge in [-0.2, -0.15) is 0 Å². The molecule has 0 radical (unpaired) electrons. The van der Waals surface area contributed by atoms with Crippen LogP contribution in [-0.2, 0) is 4.79 Å². The molecule has 100 valence electrons. The first-order chi connectivity index (χ1) is 8.34. The van der Waals surface area contributed by atoms with Crippen molar-refractivity contribution in [2.75, 3.05) is 13.2 Å². The van der Waals surface area contributed by atoms with Gasteiger partial charge in [0.2, 0.25) is 0 Å². The van der Waals surface area contributed by atoms with E-state index in [9.17, 15) is 4.79 Å². The predicted octanol–water partition coefficient (Wildman–Crippen LogP) is 2.33. The zero-order chi connectivity index (χ0) is 13.8. The van der Waals surface area contributed by atoms with Crippen LogP contribution in [0.1, 0.15) is 13.8 Å². The van der Waals surface area contributed by atoms with Crippen molar-refractivity contribution in [3.05, 3.63) is 27.7 Å². The summed E-state index contributed by atoms with van der Waals surface area (Å²) in [6, 6.07) is 5.20. The van der Waals surface area contributed by atoms with Crippen molar-refractivity contribution in [3.63, 3.8) is 0 Å². The smallest absolute Gasteiger partial charge is 0.258 e. The number of halogens is 2. The van der Waals surface area contributed by atoms with E-state index < -0.39 is 5.54 Å². The third-order valence-corrected chi connectivity index (χ3v) is 3.03. The fourth-order valence-electron chi connectivity index (χ4n) is 1.20. The van der Waals surface area contributed by atoms with Crippen molar-refractivity contribution in [1.82, 2.24) is 5.32 Å². The summed E-state index contributed by atoms with van der Waals surface area (Å²) in [4.78, 5) is 11.6. The Kier molecular flexibility index (Phi) is 5.44. The zero-order valence-electron chi connectivity index (χ0n) is 10.3. The van der Waals surface area contributed by atoms with Crippen LogP contribution in [0.25, 0.3) is 0 Å². The molecule has 0 saturated heterocycles. The van der Waals surface area contributed by atoms with E-state index in [4.69, 9.17) is 22.1 Å². The predicted molar refractivity (Wildman–Crippen MR) is 75.9 cm³/mol. The van der Waals surface area contributed by atoms with Gasteiger partial charge in [0, 0.05) is 16.6 Å². The number of hydrogen-bond donors (Lipinski definition) is 2. The normalized spacial score (nSPS) is 11.2. The van der Waals surface area contributed by atoms with Crippen LogP contribution in [0.4, 0.5) is 0 Å². The summed E-state index contributed by atoms with van der Waals surface area (Å²) >= 11 is 9.26. The molecule has 1 amide bonds. The summed E-state index contributed by atoms with van der Waals surface area (Å²) in [7, 11) is 0. The second kappa shape index (κ2) is 6.41. The average molecular weight is 336 g/mol. The molecule has 0 fully saturated rings. The summed E-state index contributed by atoms with van der Waals surface area (Å²) in [5.41, 5.74) is 5.08. The van der Waals surface area contributed by atoms with Crippen LogP contribution in [-0.4, -0.2) is 24.6 Å². The molecule has 0 bridgehead atoms. The number of benzene rings is 1. The molecule has 0 aliphatic rings. The molecule has 0 unspecified atom stereocenters. The van der Waals surface area contributed by atoms with E-state index in [2.05, 4.69) is 21.2 Å². The Morgan fingerprint density at radius 3 is 2.78 bits per heavy atom. The fourth-order valence-corrected chi connectivity index (χ4v) is 1.93. The average Bonchev–Trinajstić information content (AvgIpc) is 2.27. The Morgan fingerprint density at radius 1 is 1.56 bits per heavy atom. The van der Waals surface area contributed by atoms with Gasteiger partial charge in [-0.3, -0.25) is 4.79 Å². The molecule has 0 spiro atoms. The van der Waals surface area contributed by atoms with Crippen LogP contribution in [0.5, 0.6) is 5.75 Å². The number of ether oxygens (including phenoxy) is 1. The minimum atomic E-state index is -0.441. The summed E-state index contributed by atoms with van der Waals surface area (Å²) in [5, 5.41) is 3.22. The van der Waals surface area contributed by atoms with Crippen LogP contribution < -0.4 is 15.8 Å². The van der Waals surface area contributed by atoms with E-state index in [-0.39, 0.29) is 12.5 Å². The van der Waals surface area contributed by atoms with E-state index in [0.717, 1.165) is 4.47 Å². The highest BCUT2D eigenvalue weighted by Crippen LogP contribution is 2.27. The second-order valence-electron chi connectivity index (χ2n) is 4.50. The largest absolute Gasteiger partial charge is 0.482 e. The molecule has 1 aromatic carbocycles. The van der Waals surface area contributed by atoms with Crippen LogP contribution >= 0.6 is 27.5 Å². The highest BCUT2D eigenvalue weighted by molar-refractivity contribution is 9.10. The van der Waals surface area contributed by atoms with Gasteiger partial charge in [-0.05, 0) is 32.0 Å². The molecule has 1 aromatic rings. The SMILES string of the molecule is CC(C)(CN)NC(=O)COc1ccc(Br)cc1Cl. The number of carbonyl (C=O) groups excluding carboxylic acids is 1. The molecule has 1 rings (SSSR count). The lowest BCUT2D eigenvalue weighted by Crippen LogP contribution is -2.50. The van der Waals surface area contributed by atoms with Crippen molar-refractivity contribution in [2.45, 2.75) is 19.4 Å². The lowest BCUT2D eigenvalue weighted by atomic mass is 10.1. The van der Waals surface area contributed by atoms with Gasteiger partial charge in [0.15, 0.2) is 6.61 Å². The molecule has 6 heteroatoms. The lowest BCUT2D eigenvalue weighted by molar-refractivity contribution is -0.124. The minimum absolute atomic E-state index is 0.0925. The standard InChI is InChI=1S/C12H16BrClN2O2/c1-12(2,7-15)16-11(17)6-18-10-4-3-8(13)5-9(10)14/h3-5H,6-7,15H2,1-2H3,(H,16,17). The molecule has 3 N–H and O–H groups in total. The molecule has 18 heavy (non-hydrogen) atoms. The van der Waals surface area contributed by atoms with Gasteiger partial charge in [-0.15, -0.1) is 0 Å². The Labute approximate surface area is 120 Å². The van der Waals surface area contributed by atoms with Gasteiger partial charge in [-0.25, -0.2) is 0 Å². The molecule has 0 saturated carbocycles. The number of nitrogens with one attached hydrogen (secondary N) is 1. The van der Waals surface area contributed by atoms with Gasteiger partial charge >= 0.3 is 0 Å². The highest BCUT2D eigenvalue weighted by atomic mass is 79.9. The highest BCUT2D eigenvalue weighted by Gasteiger charge is 2.18. The van der Waals surface area contributed by atoms with Gasteiger partial charge in [0.25, 0.3) is 5.91 Å². The van der Waals surface area contributed by atoms with Crippen molar-refractivity contribution < 1.29 is 9.53 Å². The van der Waals surface area contributed by atoms with E-state index in [1.807, 2.05) is 13.8 Å². The topological polar surface area (TPSA) is 64.3 Å². The van der Waals surface area contributed by atoms with Gasteiger partial charge in [0.05, 0.1) is 5.02 Å². The Balaban J connectivity index is 2.53. The molecular weight excluding hydrogens is 320 g/mol. The van der Waals surface area contributed by atoms with Crippen molar-refractivity contribution in [2.24, 2.45) is 5.73 Å². The van der Waals surface area contributed by atoms with Crippen LogP contribution in [0, 0.1) is 0 Å². The maximum Gasteiger partial charge on any atom is 0.258 e. The van der Waals surface area contributed by atoms with Gasteiger partial charge < -0.3 is 15.8 Å². The number of nitrogens with two attached hydrogens (primary N) is 1. The van der Waals surface area contributed by atoms with Crippen LogP contribution in [0.3, 0.4) is 0 Å². The zero-order valence-corrected chi connectivity index (χ0v) is 12.6. The van der Waals surface area contributed by atoms with Crippen molar-refractivity contribution >= 4 is 33.4 Å². The summed E-state index contributed by atoms with van der Waals surface area (Å²) < 4.78 is 6.19. The van der Waals surface area contributed by atoms with E-state index in [0.29, 0.717) is 17.3 Å². The molecule has 0 aliphatic heterocycles. The number of rotatable bonds is 5. The van der Waals surface area contributed by atoms with Gasteiger partial charge in [0.1, 0.15) is 5.75 Å². The van der Waals surface area contributed by atoms with E-state index in [1.54, 1.807) is 18.2 Å². The summed E-state index contributed by atoms with van der Waals surface area (Å²) in [5.74, 6) is 0.241. The first-order valence-electron chi connectivity index (χ1n) is 5.43. The molecular formula is C12H16BrClN2O2. The summed E-state index contributed by atoms with van der Waals surface area (Å²) in [6.45, 7) is 3.96. The van der Waals surface area contributed by atoms with Crippen LogP contribution in [0.15, 0.2) is 22.7 Å².